The fraction of sp³-hybridized carbons (Fsp3) is 0.375. The Balaban J connectivity index is 1.42. The van der Waals surface area contributed by atoms with Gasteiger partial charge in [-0.1, -0.05) is 12.1 Å². The van der Waals surface area contributed by atoms with E-state index in [-0.39, 0.29) is 0 Å². The minimum Gasteiger partial charge on any atom is -0.497 e. The first-order valence-corrected chi connectivity index (χ1v) is 12.1. The van der Waals surface area contributed by atoms with E-state index in [0.717, 1.165) is 33.9 Å². The second-order valence-corrected chi connectivity index (χ2v) is 10.1. The van der Waals surface area contributed by atoms with Gasteiger partial charge in [-0.3, -0.25) is 4.90 Å². The molecule has 32 heavy (non-hydrogen) atoms. The van der Waals surface area contributed by atoms with Crippen molar-refractivity contribution in [1.82, 2.24) is 14.2 Å². The topological polar surface area (TPSA) is 75.9 Å². The molecular formula is C24H29N3O4S. The van der Waals surface area contributed by atoms with Crippen LogP contribution in [0.5, 0.6) is 5.75 Å². The highest BCUT2D eigenvalue weighted by molar-refractivity contribution is 7.89. The standard InChI is InChI=1S/C24H29N3O4S/c1-17-5-6-18(2)23(15-17)32(28,29)27-13-11-26(12-14-27)16-22-19(3)31-24(25-22)20-7-9-21(30-4)10-8-20/h5-10,15H,11-14,16H2,1-4H3. The normalized spacial score (nSPS) is 15.8. The van der Waals surface area contributed by atoms with E-state index in [1.807, 2.05) is 57.2 Å². The molecule has 0 spiro atoms. The second kappa shape index (κ2) is 9.05. The molecule has 1 saturated heterocycles. The molecule has 4 rings (SSSR count). The fourth-order valence-electron chi connectivity index (χ4n) is 3.90. The van der Waals surface area contributed by atoms with Gasteiger partial charge in [0.15, 0.2) is 0 Å². The molecular weight excluding hydrogens is 426 g/mol. The Morgan fingerprint density at radius 1 is 1.00 bits per heavy atom. The van der Waals surface area contributed by atoms with E-state index >= 15 is 0 Å². The van der Waals surface area contributed by atoms with Crippen LogP contribution < -0.4 is 4.74 Å². The SMILES string of the molecule is COc1ccc(-c2nc(CN3CCN(S(=O)(=O)c4cc(C)ccc4C)CC3)c(C)o2)cc1. The maximum Gasteiger partial charge on any atom is 0.243 e. The van der Waals surface area contributed by atoms with Gasteiger partial charge in [0.1, 0.15) is 11.5 Å². The Bertz CT molecular complexity index is 1190. The zero-order valence-corrected chi connectivity index (χ0v) is 19.8. The van der Waals surface area contributed by atoms with Crippen LogP contribution in [-0.2, 0) is 16.6 Å². The van der Waals surface area contributed by atoms with Crippen molar-refractivity contribution in [3.63, 3.8) is 0 Å². The molecule has 8 heteroatoms. The van der Waals surface area contributed by atoms with Crippen LogP contribution in [0, 0.1) is 20.8 Å². The number of oxazole rings is 1. The summed E-state index contributed by atoms with van der Waals surface area (Å²) in [5, 5.41) is 0. The second-order valence-electron chi connectivity index (χ2n) is 8.20. The van der Waals surface area contributed by atoms with Crippen molar-refractivity contribution in [1.29, 1.82) is 0 Å². The van der Waals surface area contributed by atoms with Crippen LogP contribution in [0.2, 0.25) is 0 Å². The summed E-state index contributed by atoms with van der Waals surface area (Å²) in [5.74, 6) is 2.14. The summed E-state index contributed by atoms with van der Waals surface area (Å²) < 4.78 is 39.0. The van der Waals surface area contributed by atoms with E-state index in [9.17, 15) is 8.42 Å². The molecule has 1 fully saturated rings. The molecule has 3 aromatic rings. The number of aromatic nitrogens is 1. The van der Waals surface area contributed by atoms with Crippen LogP contribution in [0.15, 0.2) is 51.8 Å². The maximum atomic E-state index is 13.2. The Morgan fingerprint density at radius 2 is 1.69 bits per heavy atom. The number of piperazine rings is 1. The monoisotopic (exact) mass is 455 g/mol. The van der Waals surface area contributed by atoms with Gasteiger partial charge in [-0.15, -0.1) is 0 Å². The molecule has 170 valence electrons. The van der Waals surface area contributed by atoms with Gasteiger partial charge in [0.2, 0.25) is 15.9 Å². The number of rotatable bonds is 6. The van der Waals surface area contributed by atoms with E-state index in [2.05, 4.69) is 9.88 Å². The third-order valence-corrected chi connectivity index (χ3v) is 7.94. The molecule has 2 heterocycles. The molecule has 0 saturated carbocycles. The third kappa shape index (κ3) is 4.57. The summed E-state index contributed by atoms with van der Waals surface area (Å²) in [6.07, 6.45) is 0. The summed E-state index contributed by atoms with van der Waals surface area (Å²) in [6, 6.07) is 13.2. The van der Waals surface area contributed by atoms with Gasteiger partial charge < -0.3 is 9.15 Å². The first-order chi connectivity index (χ1) is 15.3. The molecule has 1 aliphatic rings. The summed E-state index contributed by atoms with van der Waals surface area (Å²) in [4.78, 5) is 7.31. The Labute approximate surface area is 189 Å². The van der Waals surface area contributed by atoms with Crippen molar-refractivity contribution in [3.8, 4) is 17.2 Å². The lowest BCUT2D eigenvalue weighted by atomic mass is 10.2. The molecule has 0 unspecified atom stereocenters. The first kappa shape index (κ1) is 22.5. The fourth-order valence-corrected chi connectivity index (χ4v) is 5.63. The Kier molecular flexibility index (Phi) is 6.37. The van der Waals surface area contributed by atoms with Gasteiger partial charge in [0.25, 0.3) is 0 Å². The van der Waals surface area contributed by atoms with Crippen LogP contribution in [-0.4, -0.2) is 55.9 Å². The molecule has 1 aliphatic heterocycles. The lowest BCUT2D eigenvalue weighted by Crippen LogP contribution is -2.48. The zero-order valence-electron chi connectivity index (χ0n) is 19.0. The quantitative estimate of drug-likeness (QED) is 0.563. The van der Waals surface area contributed by atoms with E-state index in [1.54, 1.807) is 17.5 Å². The molecule has 0 radical (unpaired) electrons. The summed E-state index contributed by atoms with van der Waals surface area (Å²) >= 11 is 0. The van der Waals surface area contributed by atoms with Gasteiger partial charge >= 0.3 is 0 Å². The van der Waals surface area contributed by atoms with Crippen molar-refractivity contribution in [2.24, 2.45) is 0 Å². The van der Waals surface area contributed by atoms with Crippen LogP contribution in [0.25, 0.3) is 11.5 Å². The number of hydrogen-bond donors (Lipinski definition) is 0. The number of aryl methyl sites for hydroxylation is 3. The number of benzene rings is 2. The molecule has 0 amide bonds. The van der Waals surface area contributed by atoms with Gasteiger partial charge in [-0.2, -0.15) is 4.31 Å². The smallest absolute Gasteiger partial charge is 0.243 e. The highest BCUT2D eigenvalue weighted by Crippen LogP contribution is 2.26. The predicted molar refractivity (Wildman–Crippen MR) is 123 cm³/mol. The minimum absolute atomic E-state index is 0.405. The van der Waals surface area contributed by atoms with E-state index in [1.165, 1.54) is 0 Å². The number of sulfonamides is 1. The van der Waals surface area contributed by atoms with Crippen LogP contribution in [0.4, 0.5) is 0 Å². The molecule has 0 aliphatic carbocycles. The van der Waals surface area contributed by atoms with Gasteiger partial charge in [0, 0.05) is 38.3 Å². The van der Waals surface area contributed by atoms with Gasteiger partial charge in [-0.25, -0.2) is 13.4 Å². The van der Waals surface area contributed by atoms with Gasteiger partial charge in [0.05, 0.1) is 17.7 Å². The minimum atomic E-state index is -3.50. The predicted octanol–water partition coefficient (Wildman–Crippen LogP) is 3.78. The van der Waals surface area contributed by atoms with Crippen molar-refractivity contribution in [2.45, 2.75) is 32.2 Å². The summed E-state index contributed by atoms with van der Waals surface area (Å²) in [7, 11) is -1.86. The lowest BCUT2D eigenvalue weighted by molar-refractivity contribution is 0.179. The molecule has 0 N–H and O–H groups in total. The van der Waals surface area contributed by atoms with Crippen LogP contribution >= 0.6 is 0 Å². The maximum absolute atomic E-state index is 13.2. The average Bonchev–Trinajstić information content (AvgIpc) is 3.16. The first-order valence-electron chi connectivity index (χ1n) is 10.7. The van der Waals surface area contributed by atoms with Crippen LogP contribution in [0.1, 0.15) is 22.6 Å². The number of methoxy groups -OCH3 is 1. The Hall–Kier alpha value is -2.68. The molecule has 1 aromatic heterocycles. The summed E-state index contributed by atoms with van der Waals surface area (Å²) in [6.45, 7) is 8.50. The highest BCUT2D eigenvalue weighted by Gasteiger charge is 2.30. The third-order valence-electron chi connectivity index (χ3n) is 5.90. The molecule has 0 bridgehead atoms. The van der Waals surface area contributed by atoms with E-state index < -0.39 is 10.0 Å². The Morgan fingerprint density at radius 3 is 2.34 bits per heavy atom. The number of nitrogens with zero attached hydrogens (tertiary/aromatic N) is 3. The molecule has 0 atom stereocenters. The van der Waals surface area contributed by atoms with Crippen molar-refractivity contribution < 1.29 is 17.6 Å². The zero-order chi connectivity index (χ0) is 22.9. The molecule has 2 aromatic carbocycles. The summed E-state index contributed by atoms with van der Waals surface area (Å²) in [5.41, 5.74) is 3.50. The van der Waals surface area contributed by atoms with E-state index in [0.29, 0.717) is 43.5 Å². The largest absolute Gasteiger partial charge is 0.497 e. The van der Waals surface area contributed by atoms with Crippen molar-refractivity contribution in [2.75, 3.05) is 33.3 Å². The van der Waals surface area contributed by atoms with E-state index in [4.69, 9.17) is 9.15 Å². The number of hydrogen-bond acceptors (Lipinski definition) is 6. The lowest BCUT2D eigenvalue weighted by Gasteiger charge is -2.33. The number of ether oxygens (including phenoxy) is 1. The molecule has 7 nitrogen and oxygen atoms in total. The van der Waals surface area contributed by atoms with Crippen LogP contribution in [0.3, 0.4) is 0 Å². The van der Waals surface area contributed by atoms with Gasteiger partial charge in [-0.05, 0) is 62.2 Å². The highest BCUT2D eigenvalue weighted by atomic mass is 32.2. The van der Waals surface area contributed by atoms with Crippen molar-refractivity contribution >= 4 is 10.0 Å². The average molecular weight is 456 g/mol. The van der Waals surface area contributed by atoms with Crippen molar-refractivity contribution in [3.05, 3.63) is 65.0 Å².